The van der Waals surface area contributed by atoms with E-state index in [2.05, 4.69) is 32.2 Å². The minimum Gasteiger partial charge on any atom is -0.466 e. The number of benzene rings is 1. The van der Waals surface area contributed by atoms with Crippen LogP contribution in [0.5, 0.6) is 0 Å². The number of hydrogen-bond acceptors (Lipinski definition) is 8. The lowest BCUT2D eigenvalue weighted by atomic mass is 9.99. The number of ether oxygens (including phenoxy) is 1. The number of nitrogens with zero attached hydrogens (tertiary/aromatic N) is 5. The third-order valence-corrected chi connectivity index (χ3v) is 7.54. The summed E-state index contributed by atoms with van der Waals surface area (Å²) in [5.41, 5.74) is 4.67. The molecular weight excluding hydrogens is 426 g/mol. The highest BCUT2D eigenvalue weighted by Gasteiger charge is 2.27. The molecule has 0 spiro atoms. The molecule has 0 bridgehead atoms. The van der Waals surface area contributed by atoms with Crippen LogP contribution in [0.1, 0.15) is 48.0 Å². The molecule has 170 valence electrons. The molecule has 1 saturated heterocycles. The summed E-state index contributed by atoms with van der Waals surface area (Å²) in [5, 5.41) is 9.65. The zero-order valence-electron chi connectivity index (χ0n) is 18.7. The Kier molecular flexibility index (Phi) is 6.19. The van der Waals surface area contributed by atoms with Crippen molar-refractivity contribution in [1.82, 2.24) is 24.6 Å². The summed E-state index contributed by atoms with van der Waals surface area (Å²) >= 11 is 1.74. The molecule has 0 N–H and O–H groups in total. The van der Waals surface area contributed by atoms with Gasteiger partial charge in [-0.05, 0) is 55.5 Å². The summed E-state index contributed by atoms with van der Waals surface area (Å²) < 4.78 is 12.8. The highest BCUT2D eigenvalue weighted by Crippen LogP contribution is 2.29. The van der Waals surface area contributed by atoms with Crippen molar-refractivity contribution >= 4 is 28.8 Å². The van der Waals surface area contributed by atoms with Gasteiger partial charge in [-0.1, -0.05) is 11.8 Å². The van der Waals surface area contributed by atoms with Gasteiger partial charge in [0.05, 0.1) is 13.0 Å². The molecule has 3 aromatic rings. The number of cyclic esters (lactones) is 1. The zero-order chi connectivity index (χ0) is 22.1. The second-order valence-corrected chi connectivity index (χ2v) is 9.74. The molecule has 9 heteroatoms. The Labute approximate surface area is 191 Å². The lowest BCUT2D eigenvalue weighted by Crippen LogP contribution is -2.27. The molecule has 0 aliphatic carbocycles. The van der Waals surface area contributed by atoms with Crippen molar-refractivity contribution in [3.05, 3.63) is 35.0 Å². The number of carbonyl (C=O) groups excluding carboxylic acids is 1. The summed E-state index contributed by atoms with van der Waals surface area (Å²) in [7, 11) is 2.00. The molecule has 0 amide bonds. The van der Waals surface area contributed by atoms with Crippen molar-refractivity contribution < 1.29 is 13.9 Å². The van der Waals surface area contributed by atoms with Gasteiger partial charge in [0.15, 0.2) is 16.6 Å². The Bertz CT molecular complexity index is 1080. The predicted molar refractivity (Wildman–Crippen MR) is 122 cm³/mol. The lowest BCUT2D eigenvalue weighted by molar-refractivity contribution is -0.147. The third kappa shape index (κ3) is 4.54. The first-order chi connectivity index (χ1) is 15.6. The van der Waals surface area contributed by atoms with Crippen molar-refractivity contribution in [1.29, 1.82) is 0 Å². The molecule has 1 fully saturated rings. The van der Waals surface area contributed by atoms with E-state index in [4.69, 9.17) is 9.15 Å². The van der Waals surface area contributed by atoms with E-state index >= 15 is 0 Å². The van der Waals surface area contributed by atoms with E-state index in [1.807, 2.05) is 18.5 Å². The Morgan fingerprint density at radius 2 is 2.00 bits per heavy atom. The number of aromatic nitrogens is 4. The number of rotatable bonds is 6. The van der Waals surface area contributed by atoms with Gasteiger partial charge in [0.25, 0.3) is 0 Å². The Hall–Kier alpha value is -2.39. The zero-order valence-corrected chi connectivity index (χ0v) is 19.5. The minimum absolute atomic E-state index is 0.114. The smallest absolute Gasteiger partial charge is 0.306 e. The van der Waals surface area contributed by atoms with Crippen LogP contribution in [0, 0.1) is 6.92 Å². The molecule has 1 unspecified atom stereocenters. The Balaban J connectivity index is 1.11. The number of oxazole rings is 1. The fraction of sp³-hybridized carbons (Fsp3) is 0.565. The van der Waals surface area contributed by atoms with Crippen molar-refractivity contribution in [2.45, 2.75) is 50.1 Å². The van der Waals surface area contributed by atoms with Crippen molar-refractivity contribution in [2.24, 2.45) is 7.05 Å². The van der Waals surface area contributed by atoms with Gasteiger partial charge in [-0.2, -0.15) is 0 Å². The number of esters is 1. The second-order valence-electron chi connectivity index (χ2n) is 8.68. The summed E-state index contributed by atoms with van der Waals surface area (Å²) in [6, 6.07) is 4.39. The first-order valence-corrected chi connectivity index (χ1v) is 12.3. The number of carbonyl (C=O) groups is 1. The molecule has 5 rings (SSSR count). The van der Waals surface area contributed by atoms with Gasteiger partial charge in [0.1, 0.15) is 11.3 Å². The molecule has 1 aromatic carbocycles. The van der Waals surface area contributed by atoms with Gasteiger partial charge >= 0.3 is 5.97 Å². The summed E-state index contributed by atoms with van der Waals surface area (Å²) in [6.07, 6.45) is 4.42. The second kappa shape index (κ2) is 9.23. The van der Waals surface area contributed by atoms with Crippen LogP contribution in [0.15, 0.2) is 21.7 Å². The van der Waals surface area contributed by atoms with Gasteiger partial charge < -0.3 is 18.6 Å². The van der Waals surface area contributed by atoms with Crippen LogP contribution in [0.3, 0.4) is 0 Å². The van der Waals surface area contributed by atoms with E-state index in [0.29, 0.717) is 13.0 Å². The normalized spacial score (nSPS) is 19.7. The molecule has 0 saturated carbocycles. The lowest BCUT2D eigenvalue weighted by Gasteiger charge is -2.20. The molecule has 4 heterocycles. The van der Waals surface area contributed by atoms with Gasteiger partial charge in [-0.25, -0.2) is 4.98 Å². The largest absolute Gasteiger partial charge is 0.466 e. The highest BCUT2D eigenvalue weighted by molar-refractivity contribution is 7.99. The van der Waals surface area contributed by atoms with E-state index in [9.17, 15) is 4.79 Å². The van der Waals surface area contributed by atoms with Crippen molar-refractivity contribution in [2.75, 3.05) is 32.0 Å². The van der Waals surface area contributed by atoms with Gasteiger partial charge in [0, 0.05) is 38.7 Å². The average Bonchev–Trinajstić information content (AvgIpc) is 3.25. The number of aryl methyl sites for hydroxylation is 1. The topological polar surface area (TPSA) is 86.3 Å². The number of thioether (sulfide) groups is 1. The first-order valence-electron chi connectivity index (χ1n) is 11.4. The molecule has 1 atom stereocenters. The molecule has 2 aliphatic heterocycles. The average molecular weight is 456 g/mol. The van der Waals surface area contributed by atoms with Crippen LogP contribution in [-0.2, 0) is 29.4 Å². The van der Waals surface area contributed by atoms with Crippen molar-refractivity contribution in [3.8, 4) is 0 Å². The fourth-order valence-electron chi connectivity index (χ4n) is 4.69. The summed E-state index contributed by atoms with van der Waals surface area (Å²) in [6.45, 7) is 5.60. The quantitative estimate of drug-likeness (QED) is 0.318. The standard InChI is InChI=1S/C23H29N5O3S/c1-15-24-19-12-16-4-8-28(9-5-17(16)13-20(19)31-15)7-3-11-32-23-26-25-22(27(23)2)18-6-10-30-21(29)14-18/h12-13,18H,3-11,14H2,1-2H3. The van der Waals surface area contributed by atoms with Gasteiger partial charge in [0.2, 0.25) is 0 Å². The molecule has 32 heavy (non-hydrogen) atoms. The Morgan fingerprint density at radius 1 is 1.19 bits per heavy atom. The minimum atomic E-state index is -0.141. The van der Waals surface area contributed by atoms with Gasteiger partial charge in [-0.3, -0.25) is 4.79 Å². The van der Waals surface area contributed by atoms with E-state index < -0.39 is 0 Å². The summed E-state index contributed by atoms with van der Waals surface area (Å²) in [4.78, 5) is 18.6. The van der Waals surface area contributed by atoms with E-state index in [1.165, 1.54) is 11.1 Å². The first kappa shape index (κ1) is 21.5. The molecule has 2 aliphatic rings. The van der Waals surface area contributed by atoms with E-state index in [1.54, 1.807) is 11.8 Å². The number of fused-ring (bicyclic) bond motifs is 2. The maximum absolute atomic E-state index is 11.6. The molecule has 8 nitrogen and oxygen atoms in total. The summed E-state index contributed by atoms with van der Waals surface area (Å²) in [5.74, 6) is 2.60. The van der Waals surface area contributed by atoms with Gasteiger partial charge in [-0.15, -0.1) is 10.2 Å². The highest BCUT2D eigenvalue weighted by atomic mass is 32.2. The van der Waals surface area contributed by atoms with Crippen LogP contribution in [0.4, 0.5) is 0 Å². The van der Waals surface area contributed by atoms with Crippen molar-refractivity contribution in [3.63, 3.8) is 0 Å². The van der Waals surface area contributed by atoms with Crippen LogP contribution in [0.25, 0.3) is 11.1 Å². The predicted octanol–water partition coefficient (Wildman–Crippen LogP) is 3.27. The maximum atomic E-state index is 11.6. The van der Waals surface area contributed by atoms with Crippen LogP contribution >= 0.6 is 11.8 Å². The SMILES string of the molecule is Cc1nc2cc3c(cc2o1)CCN(CCCSc1nnc(C2CCOC(=O)C2)n1C)CC3. The molecular formula is C23H29N5O3S. The van der Waals surface area contributed by atoms with E-state index in [0.717, 1.165) is 79.0 Å². The maximum Gasteiger partial charge on any atom is 0.306 e. The third-order valence-electron chi connectivity index (χ3n) is 6.44. The Morgan fingerprint density at radius 3 is 2.81 bits per heavy atom. The van der Waals surface area contributed by atoms with Crippen LogP contribution < -0.4 is 0 Å². The molecule has 2 aromatic heterocycles. The van der Waals surface area contributed by atoms with E-state index in [-0.39, 0.29) is 11.9 Å². The number of hydrogen-bond donors (Lipinski definition) is 0. The van der Waals surface area contributed by atoms with Crippen LogP contribution in [0.2, 0.25) is 0 Å². The molecule has 0 radical (unpaired) electrons. The van der Waals surface area contributed by atoms with Crippen LogP contribution in [-0.4, -0.2) is 62.6 Å². The fourth-order valence-corrected chi connectivity index (χ4v) is 5.53. The monoisotopic (exact) mass is 455 g/mol.